The Balaban J connectivity index is 2.09. The molecule has 3 aromatic heterocycles. The summed E-state index contributed by atoms with van der Waals surface area (Å²) < 4.78 is 19.1. The van der Waals surface area contributed by atoms with Crippen LogP contribution in [0.15, 0.2) is 27.8 Å². The molecule has 1 unspecified atom stereocenters. The van der Waals surface area contributed by atoms with Gasteiger partial charge in [0.15, 0.2) is 0 Å². The molecule has 32 heavy (non-hydrogen) atoms. The molecule has 4 aromatic rings. The highest BCUT2D eigenvalue weighted by Crippen LogP contribution is 2.30. The number of hydrogen-bond donors (Lipinski definition) is 0. The molecule has 166 valence electrons. The number of fused-ring (bicyclic) bond motifs is 3. The van der Waals surface area contributed by atoms with E-state index in [1.165, 1.54) is 18.0 Å². The third-order valence-corrected chi connectivity index (χ3v) is 5.73. The highest BCUT2D eigenvalue weighted by atomic mass is 35.5. The summed E-state index contributed by atoms with van der Waals surface area (Å²) >= 11 is 6.28. The van der Waals surface area contributed by atoms with E-state index in [9.17, 15) is 10.1 Å². The van der Waals surface area contributed by atoms with Crippen LogP contribution in [0.25, 0.3) is 28.1 Å². The summed E-state index contributed by atoms with van der Waals surface area (Å²) in [6.45, 7) is 5.65. The molecule has 0 saturated carbocycles. The van der Waals surface area contributed by atoms with Gasteiger partial charge in [-0.3, -0.25) is 13.8 Å². The van der Waals surface area contributed by atoms with Crippen LogP contribution in [0.3, 0.4) is 0 Å². The van der Waals surface area contributed by atoms with Gasteiger partial charge in [-0.2, -0.15) is 10.2 Å². The zero-order valence-corrected chi connectivity index (χ0v) is 19.0. The predicted octanol–water partition coefficient (Wildman–Crippen LogP) is 3.31. The molecular formula is C21H21ClN6O4. The number of halogens is 1. The fraction of sp³-hybridized carbons (Fsp3) is 0.381. The highest BCUT2D eigenvalue weighted by Gasteiger charge is 2.30. The van der Waals surface area contributed by atoms with Crippen molar-refractivity contribution in [2.45, 2.75) is 32.4 Å². The Hall–Kier alpha value is -3.26. The number of ether oxygens (including phenoxy) is 2. The van der Waals surface area contributed by atoms with Crippen LogP contribution in [-0.4, -0.2) is 44.9 Å². The molecule has 10 nitrogen and oxygen atoms in total. The Labute approximate surface area is 187 Å². The summed E-state index contributed by atoms with van der Waals surface area (Å²) in [7, 11) is 3.08. The van der Waals surface area contributed by atoms with E-state index in [2.05, 4.69) is 21.2 Å². The summed E-state index contributed by atoms with van der Waals surface area (Å²) in [5.41, 5.74) is 0.498. The summed E-state index contributed by atoms with van der Waals surface area (Å²) in [4.78, 5) is 22.5. The minimum atomic E-state index is -0.806. The molecular weight excluding hydrogens is 436 g/mol. The normalized spacial score (nSPS) is 13.0. The first-order chi connectivity index (χ1) is 15.2. The number of aromatic nitrogens is 5. The van der Waals surface area contributed by atoms with E-state index in [4.69, 9.17) is 25.6 Å². The molecule has 0 aliphatic heterocycles. The van der Waals surface area contributed by atoms with Gasteiger partial charge in [0.1, 0.15) is 29.2 Å². The smallest absolute Gasteiger partial charge is 0.278 e. The summed E-state index contributed by atoms with van der Waals surface area (Å²) in [5, 5.41) is 14.0. The van der Waals surface area contributed by atoms with Crippen LogP contribution < -0.4 is 5.56 Å². The van der Waals surface area contributed by atoms with Gasteiger partial charge in [0.25, 0.3) is 11.4 Å². The molecule has 3 heterocycles. The molecule has 1 atom stereocenters. The first kappa shape index (κ1) is 22.0. The molecule has 0 aliphatic rings. The van der Waals surface area contributed by atoms with Gasteiger partial charge in [0.05, 0.1) is 34.3 Å². The first-order valence-electron chi connectivity index (χ1n) is 9.77. The summed E-state index contributed by atoms with van der Waals surface area (Å²) in [6.07, 6.45) is 1.49. The van der Waals surface area contributed by atoms with Crippen molar-refractivity contribution in [3.05, 3.63) is 45.3 Å². The van der Waals surface area contributed by atoms with Crippen molar-refractivity contribution >= 4 is 28.2 Å². The quantitative estimate of drug-likeness (QED) is 0.433. The van der Waals surface area contributed by atoms with Crippen molar-refractivity contribution in [1.29, 1.82) is 5.26 Å². The maximum Gasteiger partial charge on any atom is 0.278 e. The summed E-state index contributed by atoms with van der Waals surface area (Å²) in [5.74, 6) is 0.410. The Morgan fingerprint density at radius 2 is 2.06 bits per heavy atom. The van der Waals surface area contributed by atoms with E-state index < -0.39 is 5.60 Å². The van der Waals surface area contributed by atoms with Crippen molar-refractivity contribution in [3.8, 4) is 17.6 Å². The Morgan fingerprint density at radius 3 is 2.72 bits per heavy atom. The largest absolute Gasteiger partial charge is 0.383 e. The highest BCUT2D eigenvalue weighted by molar-refractivity contribution is 6.32. The average Bonchev–Trinajstić information content (AvgIpc) is 3.42. The van der Waals surface area contributed by atoms with E-state index in [-0.39, 0.29) is 51.7 Å². The summed E-state index contributed by atoms with van der Waals surface area (Å²) in [6, 6.07) is 5.08. The fourth-order valence-corrected chi connectivity index (χ4v) is 3.80. The van der Waals surface area contributed by atoms with Crippen molar-refractivity contribution in [1.82, 2.24) is 24.1 Å². The Morgan fingerprint density at radius 1 is 1.31 bits per heavy atom. The maximum absolute atomic E-state index is 13.7. The minimum absolute atomic E-state index is 0.157. The number of benzene rings is 1. The van der Waals surface area contributed by atoms with E-state index in [0.717, 1.165) is 0 Å². The lowest BCUT2D eigenvalue weighted by molar-refractivity contribution is -0.00786. The fourth-order valence-electron chi connectivity index (χ4n) is 3.60. The van der Waals surface area contributed by atoms with Gasteiger partial charge >= 0.3 is 0 Å². The van der Waals surface area contributed by atoms with Crippen LogP contribution in [0.4, 0.5) is 0 Å². The molecule has 0 amide bonds. The number of nitriles is 1. The second kappa shape index (κ2) is 8.02. The zero-order valence-electron chi connectivity index (χ0n) is 18.2. The second-order valence-corrected chi connectivity index (χ2v) is 8.24. The zero-order chi connectivity index (χ0) is 23.2. The van der Waals surface area contributed by atoms with Gasteiger partial charge in [0, 0.05) is 14.2 Å². The first-order valence-corrected chi connectivity index (χ1v) is 10.2. The monoisotopic (exact) mass is 456 g/mol. The van der Waals surface area contributed by atoms with Crippen LogP contribution in [0, 0.1) is 11.3 Å². The van der Waals surface area contributed by atoms with Crippen molar-refractivity contribution < 1.29 is 14.0 Å². The number of rotatable bonds is 6. The van der Waals surface area contributed by atoms with Gasteiger partial charge in [0.2, 0.25) is 5.82 Å². The maximum atomic E-state index is 13.7. The lowest BCUT2D eigenvalue weighted by atomic mass is 10.1. The van der Waals surface area contributed by atoms with Crippen LogP contribution in [0.1, 0.15) is 38.3 Å². The second-order valence-electron chi connectivity index (χ2n) is 7.83. The molecule has 0 fully saturated rings. The van der Waals surface area contributed by atoms with E-state index in [1.54, 1.807) is 37.5 Å². The number of imidazole rings is 1. The molecule has 0 bridgehead atoms. The molecule has 0 radical (unpaired) electrons. The van der Waals surface area contributed by atoms with Crippen molar-refractivity contribution in [3.63, 3.8) is 0 Å². The molecule has 0 aliphatic carbocycles. The Bertz CT molecular complexity index is 1430. The molecule has 0 N–H and O–H groups in total. The topological polar surface area (TPSA) is 120 Å². The van der Waals surface area contributed by atoms with Gasteiger partial charge in [-0.05, 0) is 32.9 Å². The van der Waals surface area contributed by atoms with Crippen LogP contribution in [0.2, 0.25) is 5.02 Å². The van der Waals surface area contributed by atoms with Crippen molar-refractivity contribution in [2.24, 2.45) is 0 Å². The standard InChI is InChI=1S/C21H21ClN6O4/c1-11(9-30-4)28-16-12(8-23)13(22)6-7-14(16)27-10-24-15(17(27)19(28)29)18-25-20(32-26-18)21(2,3)31-5/h6-7,10-11H,9H2,1-5H3. The number of methoxy groups -OCH3 is 2. The number of hydrogen-bond acceptors (Lipinski definition) is 8. The molecule has 0 spiro atoms. The Kier molecular flexibility index (Phi) is 5.50. The number of nitrogens with zero attached hydrogens (tertiary/aromatic N) is 6. The minimum Gasteiger partial charge on any atom is -0.383 e. The van der Waals surface area contributed by atoms with Crippen LogP contribution in [-0.2, 0) is 15.1 Å². The van der Waals surface area contributed by atoms with Crippen LogP contribution >= 0.6 is 11.6 Å². The molecule has 1 aromatic carbocycles. The van der Waals surface area contributed by atoms with Gasteiger partial charge < -0.3 is 14.0 Å². The van der Waals surface area contributed by atoms with Gasteiger partial charge in [-0.15, -0.1) is 0 Å². The predicted molar refractivity (Wildman–Crippen MR) is 117 cm³/mol. The molecule has 0 saturated heterocycles. The van der Waals surface area contributed by atoms with E-state index in [1.807, 2.05) is 6.92 Å². The third-order valence-electron chi connectivity index (χ3n) is 5.42. The SMILES string of the molecule is COCC(C)n1c(=O)c2c(-c3noc(C(C)(C)OC)n3)ncn2c2ccc(Cl)c(C#N)c21. The average molecular weight is 457 g/mol. The molecule has 4 rings (SSSR count). The third kappa shape index (κ3) is 3.26. The molecule has 11 heteroatoms. The lowest BCUT2D eigenvalue weighted by Gasteiger charge is -2.19. The van der Waals surface area contributed by atoms with Crippen molar-refractivity contribution in [2.75, 3.05) is 20.8 Å². The van der Waals surface area contributed by atoms with Gasteiger partial charge in [-0.25, -0.2) is 4.98 Å². The van der Waals surface area contributed by atoms with E-state index >= 15 is 0 Å². The van der Waals surface area contributed by atoms with E-state index in [0.29, 0.717) is 11.0 Å². The van der Waals surface area contributed by atoms with Gasteiger partial charge in [-0.1, -0.05) is 16.8 Å². The van der Waals surface area contributed by atoms with Crippen LogP contribution in [0.5, 0.6) is 0 Å². The lowest BCUT2D eigenvalue weighted by Crippen LogP contribution is -2.28.